The van der Waals surface area contributed by atoms with E-state index in [0.29, 0.717) is 4.60 Å². The van der Waals surface area contributed by atoms with E-state index in [1.165, 1.54) is 6.20 Å². The predicted octanol–water partition coefficient (Wildman–Crippen LogP) is 0.105. The summed E-state index contributed by atoms with van der Waals surface area (Å²) in [5, 5.41) is 7.05. The van der Waals surface area contributed by atoms with Gasteiger partial charge in [-0.25, -0.2) is 9.97 Å². The number of hydrogen-bond acceptors (Lipinski definition) is 4. The molecule has 0 bridgehead atoms. The molecule has 1 aromatic rings. The molecule has 5 N–H and O–H groups in total. The smallest absolute Gasteiger partial charge is 0.153 e. The van der Waals surface area contributed by atoms with Crippen LogP contribution in [-0.4, -0.2) is 15.8 Å². The molecule has 1 aromatic heterocycles. The quantitative estimate of drug-likeness (QED) is 0.457. The van der Waals surface area contributed by atoms with Gasteiger partial charge in [0.25, 0.3) is 0 Å². The summed E-state index contributed by atoms with van der Waals surface area (Å²) in [5.74, 6) is -0.0167. The lowest BCUT2D eigenvalue weighted by Gasteiger charge is -2.00. The third-order valence-corrected chi connectivity index (χ3v) is 1.41. The van der Waals surface area contributed by atoms with Crippen LogP contribution in [0, 0.1) is 5.41 Å². The molecular formula is C5H6BrN5. The highest BCUT2D eigenvalue weighted by Gasteiger charge is 2.04. The third kappa shape index (κ3) is 1.64. The van der Waals surface area contributed by atoms with Crippen LogP contribution in [-0.2, 0) is 0 Å². The van der Waals surface area contributed by atoms with Gasteiger partial charge in [-0.3, -0.25) is 5.41 Å². The number of nitrogen functional groups attached to an aromatic ring is 2. The van der Waals surface area contributed by atoms with E-state index in [2.05, 4.69) is 25.9 Å². The molecule has 0 amide bonds. The van der Waals surface area contributed by atoms with Gasteiger partial charge in [-0.1, -0.05) is 0 Å². The number of nitrogens with one attached hydrogen (secondary N) is 1. The lowest BCUT2D eigenvalue weighted by atomic mass is 10.4. The molecule has 0 aliphatic heterocycles. The SMILES string of the molecule is N=C(N)c1nc(Br)cnc1N. The number of aromatic nitrogens is 2. The molecule has 0 saturated heterocycles. The number of halogens is 1. The second-order valence-corrected chi connectivity index (χ2v) is 2.65. The number of hydrogen-bond donors (Lipinski definition) is 3. The fourth-order valence-corrected chi connectivity index (χ4v) is 0.855. The summed E-state index contributed by atoms with van der Waals surface area (Å²) in [5.41, 5.74) is 10.7. The van der Waals surface area contributed by atoms with E-state index in [1.807, 2.05) is 0 Å². The van der Waals surface area contributed by atoms with Crippen LogP contribution in [0.25, 0.3) is 0 Å². The van der Waals surface area contributed by atoms with Crippen molar-refractivity contribution in [3.8, 4) is 0 Å². The molecule has 6 heteroatoms. The largest absolute Gasteiger partial charge is 0.382 e. The lowest BCUT2D eigenvalue weighted by molar-refractivity contribution is 1.14. The monoisotopic (exact) mass is 215 g/mol. The second kappa shape index (κ2) is 2.83. The first-order valence-corrected chi connectivity index (χ1v) is 3.53. The van der Waals surface area contributed by atoms with Crippen LogP contribution >= 0.6 is 15.9 Å². The molecule has 0 unspecified atom stereocenters. The molecule has 0 aromatic carbocycles. The minimum absolute atomic E-state index is 0.167. The summed E-state index contributed by atoms with van der Waals surface area (Å²) in [6.07, 6.45) is 1.45. The van der Waals surface area contributed by atoms with Crippen molar-refractivity contribution in [2.24, 2.45) is 5.73 Å². The second-order valence-electron chi connectivity index (χ2n) is 1.84. The van der Waals surface area contributed by atoms with Gasteiger partial charge in [0.05, 0.1) is 6.20 Å². The Bertz CT molecular complexity index is 297. The Labute approximate surface area is 71.5 Å². The molecule has 0 atom stereocenters. The van der Waals surface area contributed by atoms with Gasteiger partial charge in [-0.05, 0) is 15.9 Å². The van der Waals surface area contributed by atoms with E-state index in [-0.39, 0.29) is 17.3 Å². The van der Waals surface area contributed by atoms with Crippen molar-refractivity contribution in [3.63, 3.8) is 0 Å². The first-order chi connectivity index (χ1) is 5.11. The predicted molar refractivity (Wildman–Crippen MR) is 45.2 cm³/mol. The Kier molecular flexibility index (Phi) is 2.04. The number of nitrogens with two attached hydrogens (primary N) is 2. The van der Waals surface area contributed by atoms with Crippen LogP contribution in [0.5, 0.6) is 0 Å². The zero-order valence-corrected chi connectivity index (χ0v) is 7.09. The van der Waals surface area contributed by atoms with Gasteiger partial charge in [-0.2, -0.15) is 0 Å². The fourth-order valence-electron chi connectivity index (χ4n) is 0.575. The van der Waals surface area contributed by atoms with Gasteiger partial charge >= 0.3 is 0 Å². The summed E-state index contributed by atoms with van der Waals surface area (Å²) < 4.78 is 0.511. The van der Waals surface area contributed by atoms with Crippen LogP contribution in [0.1, 0.15) is 5.69 Å². The zero-order valence-electron chi connectivity index (χ0n) is 5.50. The summed E-state index contributed by atoms with van der Waals surface area (Å²) >= 11 is 3.08. The van der Waals surface area contributed by atoms with Gasteiger partial charge < -0.3 is 11.5 Å². The zero-order chi connectivity index (χ0) is 8.43. The molecule has 0 radical (unpaired) electrons. The molecule has 11 heavy (non-hydrogen) atoms. The Hall–Kier alpha value is -1.17. The average molecular weight is 216 g/mol. The first-order valence-electron chi connectivity index (χ1n) is 2.73. The Balaban J connectivity index is 3.23. The van der Waals surface area contributed by atoms with Crippen LogP contribution < -0.4 is 11.5 Å². The van der Waals surface area contributed by atoms with E-state index < -0.39 is 0 Å². The highest BCUT2D eigenvalue weighted by Crippen LogP contribution is 2.09. The Morgan fingerprint density at radius 2 is 2.27 bits per heavy atom. The summed E-state index contributed by atoms with van der Waals surface area (Å²) in [6.45, 7) is 0. The standard InChI is InChI=1S/C5H6BrN5/c6-2-1-10-5(9)3(11-2)4(7)8/h1H,(H3,7,8)(H2,9,10). The molecule has 0 fully saturated rings. The van der Waals surface area contributed by atoms with Gasteiger partial charge in [0.1, 0.15) is 16.1 Å². The van der Waals surface area contributed by atoms with E-state index in [0.717, 1.165) is 0 Å². The average Bonchev–Trinajstić information content (AvgIpc) is 1.94. The van der Waals surface area contributed by atoms with E-state index in [1.54, 1.807) is 0 Å². The van der Waals surface area contributed by atoms with Crippen molar-refractivity contribution < 1.29 is 0 Å². The fraction of sp³-hybridized carbons (Fsp3) is 0. The van der Waals surface area contributed by atoms with Gasteiger partial charge in [0.15, 0.2) is 5.82 Å². The summed E-state index contributed by atoms with van der Waals surface area (Å²) in [4.78, 5) is 7.60. The number of amidine groups is 1. The van der Waals surface area contributed by atoms with Crippen LogP contribution in [0.2, 0.25) is 0 Å². The van der Waals surface area contributed by atoms with E-state index in [9.17, 15) is 0 Å². The number of nitrogens with zero attached hydrogens (tertiary/aromatic N) is 2. The number of anilines is 1. The molecular weight excluding hydrogens is 210 g/mol. The molecule has 5 nitrogen and oxygen atoms in total. The van der Waals surface area contributed by atoms with Crippen molar-refractivity contribution in [1.82, 2.24) is 9.97 Å². The van der Waals surface area contributed by atoms with Gasteiger partial charge in [-0.15, -0.1) is 0 Å². The van der Waals surface area contributed by atoms with Crippen molar-refractivity contribution in [2.45, 2.75) is 0 Å². The molecule has 1 heterocycles. The minimum Gasteiger partial charge on any atom is -0.382 e. The maximum absolute atomic E-state index is 7.05. The normalized spacial score (nSPS) is 9.55. The molecule has 0 aliphatic rings. The minimum atomic E-state index is -0.184. The van der Waals surface area contributed by atoms with Crippen LogP contribution in [0.3, 0.4) is 0 Å². The molecule has 0 spiro atoms. The maximum atomic E-state index is 7.05. The van der Waals surface area contributed by atoms with Crippen LogP contribution in [0.4, 0.5) is 5.82 Å². The van der Waals surface area contributed by atoms with Gasteiger partial charge in [0.2, 0.25) is 0 Å². The van der Waals surface area contributed by atoms with Gasteiger partial charge in [0, 0.05) is 0 Å². The van der Waals surface area contributed by atoms with E-state index >= 15 is 0 Å². The van der Waals surface area contributed by atoms with Crippen molar-refractivity contribution in [3.05, 3.63) is 16.5 Å². The van der Waals surface area contributed by atoms with Crippen molar-refractivity contribution in [1.29, 1.82) is 5.41 Å². The highest BCUT2D eigenvalue weighted by atomic mass is 79.9. The third-order valence-electron chi connectivity index (χ3n) is 1.03. The summed E-state index contributed by atoms with van der Waals surface area (Å²) in [7, 11) is 0. The molecule has 0 saturated carbocycles. The van der Waals surface area contributed by atoms with Crippen molar-refractivity contribution >= 4 is 27.6 Å². The molecule has 1 rings (SSSR count). The molecule has 0 aliphatic carbocycles. The highest BCUT2D eigenvalue weighted by molar-refractivity contribution is 9.10. The lowest BCUT2D eigenvalue weighted by Crippen LogP contribution is -2.16. The van der Waals surface area contributed by atoms with Crippen molar-refractivity contribution in [2.75, 3.05) is 5.73 Å². The van der Waals surface area contributed by atoms with E-state index in [4.69, 9.17) is 16.9 Å². The molecule has 58 valence electrons. The number of rotatable bonds is 1. The first kappa shape index (κ1) is 7.93. The maximum Gasteiger partial charge on any atom is 0.153 e. The van der Waals surface area contributed by atoms with Crippen LogP contribution in [0.15, 0.2) is 10.8 Å². The Morgan fingerprint density at radius 1 is 1.64 bits per heavy atom. The summed E-state index contributed by atoms with van der Waals surface area (Å²) in [6, 6.07) is 0. The Morgan fingerprint density at radius 3 is 2.73 bits per heavy atom. The topological polar surface area (TPSA) is 102 Å².